The molecular formula is C13H22N2O3. The maximum Gasteiger partial charge on any atom is 0.326 e. The summed E-state index contributed by atoms with van der Waals surface area (Å²) in [6.45, 7) is 5.78. The highest BCUT2D eigenvalue weighted by atomic mass is 16.4. The summed E-state index contributed by atoms with van der Waals surface area (Å²) in [6.07, 6.45) is 7.41. The number of hydrogen-bond donors (Lipinski definition) is 3. The molecule has 0 unspecified atom stereocenters. The summed E-state index contributed by atoms with van der Waals surface area (Å²) in [5, 5.41) is 14.1. The number of carboxylic acids is 1. The molecule has 0 saturated heterocycles. The van der Waals surface area contributed by atoms with Gasteiger partial charge in [0.25, 0.3) is 0 Å². The van der Waals surface area contributed by atoms with Gasteiger partial charge in [-0.2, -0.15) is 0 Å². The van der Waals surface area contributed by atoms with Crippen molar-refractivity contribution in [2.24, 2.45) is 5.41 Å². The van der Waals surface area contributed by atoms with Crippen LogP contribution in [0.1, 0.15) is 40.0 Å². The first-order valence-corrected chi connectivity index (χ1v) is 5.99. The highest BCUT2D eigenvalue weighted by Crippen LogP contribution is 2.19. The van der Waals surface area contributed by atoms with E-state index < -0.39 is 23.5 Å². The molecule has 0 fully saturated rings. The fourth-order valence-electron chi connectivity index (χ4n) is 1.38. The minimum absolute atomic E-state index is 0.460. The zero-order chi connectivity index (χ0) is 14.2. The number of urea groups is 1. The summed E-state index contributed by atoms with van der Waals surface area (Å²) in [6, 6.07) is -1.37. The molecule has 5 heteroatoms. The van der Waals surface area contributed by atoms with Gasteiger partial charge < -0.3 is 15.7 Å². The lowest BCUT2D eigenvalue weighted by Crippen LogP contribution is -2.52. The zero-order valence-electron chi connectivity index (χ0n) is 11.2. The number of carboxylic acid groups (broad SMARTS) is 1. The van der Waals surface area contributed by atoms with Crippen LogP contribution in [-0.4, -0.2) is 29.7 Å². The highest BCUT2D eigenvalue weighted by molar-refractivity contribution is 5.83. The summed E-state index contributed by atoms with van der Waals surface area (Å²) >= 11 is 0. The smallest absolute Gasteiger partial charge is 0.326 e. The molecule has 0 heterocycles. The molecular weight excluding hydrogens is 232 g/mol. The largest absolute Gasteiger partial charge is 0.480 e. The summed E-state index contributed by atoms with van der Waals surface area (Å²) in [7, 11) is 0. The van der Waals surface area contributed by atoms with Crippen LogP contribution in [0.5, 0.6) is 0 Å². The molecule has 0 radical (unpaired) electrons. The summed E-state index contributed by atoms with van der Waals surface area (Å²) in [4.78, 5) is 22.5. The van der Waals surface area contributed by atoms with Crippen LogP contribution in [0.2, 0.25) is 0 Å². The molecule has 5 nitrogen and oxygen atoms in total. The molecule has 1 atom stereocenters. The van der Waals surface area contributed by atoms with Gasteiger partial charge in [0.2, 0.25) is 0 Å². The van der Waals surface area contributed by atoms with Crippen molar-refractivity contribution in [2.45, 2.75) is 46.1 Å². The molecule has 0 spiro atoms. The molecule has 0 aromatic rings. The average Bonchev–Trinajstić information content (AvgIpc) is 2.23. The Hall–Kier alpha value is -1.70. The molecule has 3 N–H and O–H groups in total. The fraction of sp³-hybridized carbons (Fsp3) is 0.692. The molecule has 0 aromatic carbocycles. The van der Waals surface area contributed by atoms with Crippen molar-refractivity contribution < 1.29 is 14.7 Å². The molecule has 0 aliphatic carbocycles. The number of hydrogen-bond acceptors (Lipinski definition) is 2. The standard InChI is InChI=1S/C13H22N2O3/c1-5-6-7-8-9-14-12(18)15-10(11(16)17)13(2,3)4/h1,10H,6-9H2,2-4H3,(H,16,17)(H2,14,15,18)/t10-/m0/s1. The third kappa shape index (κ3) is 6.79. The van der Waals surface area contributed by atoms with Gasteiger partial charge >= 0.3 is 12.0 Å². The normalized spacial score (nSPS) is 12.3. The Morgan fingerprint density at radius 2 is 1.94 bits per heavy atom. The Balaban J connectivity index is 4.06. The van der Waals surface area contributed by atoms with Gasteiger partial charge in [-0.3, -0.25) is 0 Å². The SMILES string of the molecule is C#CCCCCNC(=O)N[C@@H](C(=O)O)C(C)(C)C. The molecule has 0 aliphatic rings. The number of rotatable bonds is 6. The van der Waals surface area contributed by atoms with Gasteiger partial charge in [0.05, 0.1) is 0 Å². The quantitative estimate of drug-likeness (QED) is 0.497. The lowest BCUT2D eigenvalue weighted by Gasteiger charge is -2.27. The number of amides is 2. The maximum absolute atomic E-state index is 11.5. The summed E-state index contributed by atoms with van der Waals surface area (Å²) < 4.78 is 0. The number of aliphatic carboxylic acids is 1. The van der Waals surface area contributed by atoms with Crippen LogP contribution in [0.25, 0.3) is 0 Å². The van der Waals surface area contributed by atoms with Crippen LogP contribution in [-0.2, 0) is 4.79 Å². The van der Waals surface area contributed by atoms with Crippen molar-refractivity contribution in [1.29, 1.82) is 0 Å². The van der Waals surface area contributed by atoms with Crippen LogP contribution in [0.4, 0.5) is 4.79 Å². The lowest BCUT2D eigenvalue weighted by atomic mass is 9.87. The monoisotopic (exact) mass is 254 g/mol. The van der Waals surface area contributed by atoms with Crippen molar-refractivity contribution in [2.75, 3.05) is 6.54 Å². The third-order valence-corrected chi connectivity index (χ3v) is 2.42. The number of nitrogens with one attached hydrogen (secondary N) is 2. The summed E-state index contributed by atoms with van der Waals surface area (Å²) in [5.74, 6) is 1.48. The van der Waals surface area contributed by atoms with E-state index in [4.69, 9.17) is 11.5 Å². The van der Waals surface area contributed by atoms with E-state index in [-0.39, 0.29) is 0 Å². The van der Waals surface area contributed by atoms with E-state index in [9.17, 15) is 9.59 Å². The Labute approximate surface area is 108 Å². The first kappa shape index (κ1) is 16.3. The first-order valence-electron chi connectivity index (χ1n) is 5.99. The molecule has 0 rings (SSSR count). The minimum Gasteiger partial charge on any atom is -0.480 e. The van der Waals surface area contributed by atoms with Gasteiger partial charge in [-0.05, 0) is 18.3 Å². The third-order valence-electron chi connectivity index (χ3n) is 2.42. The molecule has 2 amide bonds. The van der Waals surface area contributed by atoms with Crippen molar-refractivity contribution in [3.8, 4) is 12.3 Å². The van der Waals surface area contributed by atoms with E-state index in [1.54, 1.807) is 20.8 Å². The molecule has 102 valence electrons. The van der Waals surface area contributed by atoms with Gasteiger partial charge in [-0.25, -0.2) is 9.59 Å². The minimum atomic E-state index is -1.04. The predicted molar refractivity (Wildman–Crippen MR) is 70.1 cm³/mol. The van der Waals surface area contributed by atoms with Gasteiger partial charge in [0.15, 0.2) is 0 Å². The molecule has 0 aromatic heterocycles. The van der Waals surface area contributed by atoms with Crippen molar-refractivity contribution in [1.82, 2.24) is 10.6 Å². The number of carbonyl (C=O) groups is 2. The predicted octanol–water partition coefficient (Wildman–Crippen LogP) is 1.59. The van der Waals surface area contributed by atoms with Gasteiger partial charge in [-0.1, -0.05) is 20.8 Å². The van der Waals surface area contributed by atoms with Crippen LogP contribution < -0.4 is 10.6 Å². The van der Waals surface area contributed by atoms with Crippen LogP contribution in [0.15, 0.2) is 0 Å². The van der Waals surface area contributed by atoms with Crippen LogP contribution in [0, 0.1) is 17.8 Å². The van der Waals surface area contributed by atoms with E-state index >= 15 is 0 Å². The fourth-order valence-corrected chi connectivity index (χ4v) is 1.38. The molecule has 0 saturated carbocycles. The first-order chi connectivity index (χ1) is 8.29. The Bertz CT molecular complexity index is 326. The number of carbonyl (C=O) groups excluding carboxylic acids is 1. The van der Waals surface area contributed by atoms with E-state index in [1.807, 2.05) is 0 Å². The van der Waals surface area contributed by atoms with Crippen molar-refractivity contribution in [3.05, 3.63) is 0 Å². The van der Waals surface area contributed by atoms with Crippen LogP contribution >= 0.6 is 0 Å². The number of unbranched alkanes of at least 4 members (excludes halogenated alkanes) is 2. The Morgan fingerprint density at radius 1 is 1.33 bits per heavy atom. The zero-order valence-corrected chi connectivity index (χ0v) is 11.2. The van der Waals surface area contributed by atoms with E-state index in [0.29, 0.717) is 13.0 Å². The van der Waals surface area contributed by atoms with Gasteiger partial charge in [0.1, 0.15) is 6.04 Å². The summed E-state index contributed by atoms with van der Waals surface area (Å²) in [5.41, 5.74) is -0.535. The molecule has 0 aliphatic heterocycles. The molecule has 0 bridgehead atoms. The van der Waals surface area contributed by atoms with Crippen LogP contribution in [0.3, 0.4) is 0 Å². The Morgan fingerprint density at radius 3 is 2.39 bits per heavy atom. The second-order valence-electron chi connectivity index (χ2n) is 5.20. The second kappa shape index (κ2) is 7.59. The lowest BCUT2D eigenvalue weighted by molar-refractivity contribution is -0.141. The maximum atomic E-state index is 11.5. The van der Waals surface area contributed by atoms with Gasteiger partial charge in [0, 0.05) is 13.0 Å². The van der Waals surface area contributed by atoms with Crippen molar-refractivity contribution in [3.63, 3.8) is 0 Å². The number of terminal acetylenes is 1. The molecule has 18 heavy (non-hydrogen) atoms. The highest BCUT2D eigenvalue weighted by Gasteiger charge is 2.32. The van der Waals surface area contributed by atoms with E-state index in [1.165, 1.54) is 0 Å². The van der Waals surface area contributed by atoms with Gasteiger partial charge in [-0.15, -0.1) is 12.3 Å². The van der Waals surface area contributed by atoms with E-state index in [2.05, 4.69) is 16.6 Å². The average molecular weight is 254 g/mol. The second-order valence-corrected chi connectivity index (χ2v) is 5.20. The van der Waals surface area contributed by atoms with Crippen molar-refractivity contribution >= 4 is 12.0 Å². The topological polar surface area (TPSA) is 78.4 Å². The van der Waals surface area contributed by atoms with E-state index in [0.717, 1.165) is 12.8 Å². The Kier molecular flexibility index (Phi) is 6.88.